The molecule has 0 aliphatic rings. The average Bonchev–Trinajstić information content (AvgIpc) is 2.17. The van der Waals surface area contributed by atoms with E-state index in [1.807, 2.05) is 6.07 Å². The van der Waals surface area contributed by atoms with E-state index < -0.39 is 0 Å². The first-order chi connectivity index (χ1) is 6.63. The Morgan fingerprint density at radius 3 is 2.71 bits per heavy atom. The largest absolute Gasteiger partial charge is 0.383 e. The van der Waals surface area contributed by atoms with Crippen molar-refractivity contribution in [3.8, 4) is 6.07 Å². The minimum absolute atomic E-state index is 0.00250. The van der Waals surface area contributed by atoms with Crippen molar-refractivity contribution in [1.82, 2.24) is 4.90 Å². The highest BCUT2D eigenvalue weighted by atomic mass is 79.9. The first-order valence-electron chi connectivity index (χ1n) is 4.42. The van der Waals surface area contributed by atoms with Gasteiger partial charge in [-0.15, -0.1) is 0 Å². The van der Waals surface area contributed by atoms with Crippen LogP contribution < -0.4 is 0 Å². The number of carbonyl (C=O) groups excluding carboxylic acids is 1. The summed E-state index contributed by atoms with van der Waals surface area (Å²) in [5.41, 5.74) is 0. The molecule has 0 N–H and O–H groups in total. The number of hydrogen-bond acceptors (Lipinski definition) is 3. The van der Waals surface area contributed by atoms with Crippen LogP contribution in [0.2, 0.25) is 0 Å². The van der Waals surface area contributed by atoms with Crippen molar-refractivity contribution in [2.75, 3.05) is 26.8 Å². The number of methoxy groups -OCH3 is 1. The summed E-state index contributed by atoms with van der Waals surface area (Å²) < 4.78 is 4.89. The van der Waals surface area contributed by atoms with Gasteiger partial charge in [0.2, 0.25) is 5.91 Å². The van der Waals surface area contributed by atoms with Gasteiger partial charge in [-0.05, 0) is 6.92 Å². The molecule has 0 rings (SSSR count). The molecule has 1 atom stereocenters. The van der Waals surface area contributed by atoms with E-state index in [9.17, 15) is 4.79 Å². The molecule has 4 nitrogen and oxygen atoms in total. The van der Waals surface area contributed by atoms with Gasteiger partial charge in [-0.2, -0.15) is 5.26 Å². The Hall–Kier alpha value is -0.600. The van der Waals surface area contributed by atoms with Crippen molar-refractivity contribution in [2.24, 2.45) is 0 Å². The van der Waals surface area contributed by atoms with E-state index >= 15 is 0 Å². The fraction of sp³-hybridized carbons (Fsp3) is 0.778. The maximum Gasteiger partial charge on any atom is 0.236 e. The number of nitriles is 1. The van der Waals surface area contributed by atoms with Crippen molar-refractivity contribution in [1.29, 1.82) is 5.26 Å². The molecule has 0 aromatic rings. The molecule has 0 aromatic carbocycles. The normalized spacial score (nSPS) is 11.9. The molecule has 0 bridgehead atoms. The molecular formula is C9H15BrN2O2. The van der Waals surface area contributed by atoms with Crippen molar-refractivity contribution in [2.45, 2.75) is 18.2 Å². The van der Waals surface area contributed by atoms with Crippen LogP contribution in [0.4, 0.5) is 0 Å². The maximum atomic E-state index is 11.6. The second-order valence-electron chi connectivity index (χ2n) is 2.84. The van der Waals surface area contributed by atoms with E-state index in [1.54, 1.807) is 18.9 Å². The van der Waals surface area contributed by atoms with Gasteiger partial charge in [-0.1, -0.05) is 15.9 Å². The predicted molar refractivity (Wildman–Crippen MR) is 57.1 cm³/mol. The number of carbonyl (C=O) groups is 1. The van der Waals surface area contributed by atoms with Gasteiger partial charge < -0.3 is 9.64 Å². The van der Waals surface area contributed by atoms with Gasteiger partial charge in [0.15, 0.2) is 0 Å². The first kappa shape index (κ1) is 13.4. The summed E-state index contributed by atoms with van der Waals surface area (Å²) >= 11 is 3.21. The van der Waals surface area contributed by atoms with Gasteiger partial charge >= 0.3 is 0 Å². The lowest BCUT2D eigenvalue weighted by atomic mass is 10.3. The Morgan fingerprint density at radius 2 is 2.29 bits per heavy atom. The average molecular weight is 263 g/mol. The van der Waals surface area contributed by atoms with E-state index in [-0.39, 0.29) is 10.7 Å². The summed E-state index contributed by atoms with van der Waals surface area (Å²) in [7, 11) is 1.59. The second kappa shape index (κ2) is 7.77. The number of rotatable bonds is 6. The second-order valence-corrected chi connectivity index (χ2v) is 4.22. The minimum Gasteiger partial charge on any atom is -0.383 e. The highest BCUT2D eigenvalue weighted by Crippen LogP contribution is 2.04. The van der Waals surface area contributed by atoms with Gasteiger partial charge in [-0.3, -0.25) is 4.79 Å². The molecule has 1 amide bonds. The molecule has 5 heteroatoms. The summed E-state index contributed by atoms with van der Waals surface area (Å²) in [6.45, 7) is 3.27. The van der Waals surface area contributed by atoms with Gasteiger partial charge in [0.05, 0.1) is 23.9 Å². The van der Waals surface area contributed by atoms with Crippen molar-refractivity contribution in [3.05, 3.63) is 0 Å². The number of ether oxygens (including phenoxy) is 1. The summed E-state index contributed by atoms with van der Waals surface area (Å²) in [6, 6.07) is 2.02. The molecule has 0 aromatic heterocycles. The lowest BCUT2D eigenvalue weighted by Gasteiger charge is -2.22. The standard InChI is InChI=1S/C9H15BrN2O2/c1-8(10)9(13)12(5-3-4-11)6-7-14-2/h8H,3,5-7H2,1-2H3. The Kier molecular flexibility index (Phi) is 7.44. The van der Waals surface area contributed by atoms with Gasteiger partial charge in [0.25, 0.3) is 0 Å². The Morgan fingerprint density at radius 1 is 1.64 bits per heavy atom. The third-order valence-corrected chi connectivity index (χ3v) is 2.10. The molecule has 0 fully saturated rings. The molecule has 0 saturated heterocycles. The number of halogens is 1. The van der Waals surface area contributed by atoms with Crippen molar-refractivity contribution >= 4 is 21.8 Å². The molecule has 14 heavy (non-hydrogen) atoms. The molecule has 1 unspecified atom stereocenters. The SMILES string of the molecule is COCCN(CCC#N)C(=O)C(C)Br. The van der Waals surface area contributed by atoms with Gasteiger partial charge in [0.1, 0.15) is 0 Å². The number of alkyl halides is 1. The number of amides is 1. The maximum absolute atomic E-state index is 11.6. The van der Waals surface area contributed by atoms with Crippen LogP contribution in [0, 0.1) is 11.3 Å². The molecule has 80 valence electrons. The zero-order valence-electron chi connectivity index (χ0n) is 8.49. The molecule has 0 saturated carbocycles. The molecule has 0 radical (unpaired) electrons. The lowest BCUT2D eigenvalue weighted by Crippen LogP contribution is -2.38. The van der Waals surface area contributed by atoms with Crippen molar-refractivity contribution < 1.29 is 9.53 Å². The highest BCUT2D eigenvalue weighted by Gasteiger charge is 2.17. The van der Waals surface area contributed by atoms with E-state index in [0.29, 0.717) is 26.1 Å². The predicted octanol–water partition coefficient (Wildman–Crippen LogP) is 1.16. The van der Waals surface area contributed by atoms with E-state index in [2.05, 4.69) is 15.9 Å². The molecule has 0 heterocycles. The quantitative estimate of drug-likeness (QED) is 0.676. The van der Waals surface area contributed by atoms with E-state index in [4.69, 9.17) is 10.00 Å². The highest BCUT2D eigenvalue weighted by molar-refractivity contribution is 9.10. The fourth-order valence-electron chi connectivity index (χ4n) is 0.970. The van der Waals surface area contributed by atoms with Crippen LogP contribution in [-0.2, 0) is 9.53 Å². The lowest BCUT2D eigenvalue weighted by molar-refractivity contribution is -0.130. The van der Waals surface area contributed by atoms with E-state index in [0.717, 1.165) is 0 Å². The summed E-state index contributed by atoms with van der Waals surface area (Å²) in [4.78, 5) is 13.0. The summed E-state index contributed by atoms with van der Waals surface area (Å²) in [5, 5.41) is 8.43. The molecular weight excluding hydrogens is 248 g/mol. The monoisotopic (exact) mass is 262 g/mol. The molecule has 0 aliphatic carbocycles. The molecule has 0 spiro atoms. The summed E-state index contributed by atoms with van der Waals surface area (Å²) in [5.74, 6) is -0.00250. The van der Waals surface area contributed by atoms with Crippen molar-refractivity contribution in [3.63, 3.8) is 0 Å². The van der Waals surface area contributed by atoms with Crippen LogP contribution in [0.1, 0.15) is 13.3 Å². The fourth-order valence-corrected chi connectivity index (χ4v) is 1.26. The zero-order valence-corrected chi connectivity index (χ0v) is 10.1. The van der Waals surface area contributed by atoms with Crippen LogP contribution in [0.15, 0.2) is 0 Å². The topological polar surface area (TPSA) is 53.3 Å². The van der Waals surface area contributed by atoms with Crippen LogP contribution >= 0.6 is 15.9 Å². The third-order valence-electron chi connectivity index (χ3n) is 1.71. The Bertz CT molecular complexity index is 213. The zero-order chi connectivity index (χ0) is 11.0. The van der Waals surface area contributed by atoms with Crippen LogP contribution in [-0.4, -0.2) is 42.4 Å². The number of nitrogens with zero attached hydrogens (tertiary/aromatic N) is 2. The Labute approximate surface area is 93.0 Å². The minimum atomic E-state index is -0.210. The number of hydrogen-bond donors (Lipinski definition) is 0. The van der Waals surface area contributed by atoms with Crippen LogP contribution in [0.25, 0.3) is 0 Å². The van der Waals surface area contributed by atoms with E-state index in [1.165, 1.54) is 0 Å². The van der Waals surface area contributed by atoms with Gasteiger partial charge in [-0.25, -0.2) is 0 Å². The third kappa shape index (κ3) is 5.20. The summed E-state index contributed by atoms with van der Waals surface area (Å²) in [6.07, 6.45) is 0.356. The molecule has 0 aliphatic heterocycles. The van der Waals surface area contributed by atoms with Gasteiger partial charge in [0, 0.05) is 20.2 Å². The first-order valence-corrected chi connectivity index (χ1v) is 5.33. The van der Waals surface area contributed by atoms with Crippen LogP contribution in [0.5, 0.6) is 0 Å². The van der Waals surface area contributed by atoms with Crippen LogP contribution in [0.3, 0.4) is 0 Å². The Balaban J connectivity index is 4.09. The smallest absolute Gasteiger partial charge is 0.236 e.